The molecule has 2 N–H and O–H groups in total. The molecule has 1 aliphatic heterocycles. The predicted molar refractivity (Wildman–Crippen MR) is 65.1 cm³/mol. The first-order valence-corrected chi connectivity index (χ1v) is 5.57. The van der Waals surface area contributed by atoms with Gasteiger partial charge in [0.05, 0.1) is 13.7 Å². The molecule has 16 heavy (non-hydrogen) atoms. The normalized spacial score (nSPS) is 16.9. The molecule has 2 rings (SSSR count). The first-order valence-electron chi connectivity index (χ1n) is 5.57. The lowest BCUT2D eigenvalue weighted by molar-refractivity contribution is 0.152. The summed E-state index contributed by atoms with van der Waals surface area (Å²) in [5.74, 6) is 0.806. The van der Waals surface area contributed by atoms with Crippen molar-refractivity contribution in [3.63, 3.8) is 0 Å². The summed E-state index contributed by atoms with van der Waals surface area (Å²) < 4.78 is 10.6. The second-order valence-corrected chi connectivity index (χ2v) is 3.92. The Morgan fingerprint density at radius 1 is 1.25 bits per heavy atom. The Morgan fingerprint density at radius 3 is 2.94 bits per heavy atom. The number of hydrogen-bond acceptors (Lipinski definition) is 4. The van der Waals surface area contributed by atoms with Crippen LogP contribution >= 0.6 is 0 Å². The van der Waals surface area contributed by atoms with E-state index in [2.05, 4.69) is 4.90 Å². The monoisotopic (exact) mass is 222 g/mol. The third-order valence-corrected chi connectivity index (χ3v) is 2.74. The third-order valence-electron chi connectivity index (χ3n) is 2.74. The molecule has 1 fully saturated rings. The SMILES string of the molecule is COc1cc(N)cc(N2CCCOCC2)c1. The minimum atomic E-state index is 0.736. The van der Waals surface area contributed by atoms with Crippen LogP contribution in [0.2, 0.25) is 0 Å². The Kier molecular flexibility index (Phi) is 3.51. The van der Waals surface area contributed by atoms with Crippen molar-refractivity contribution in [2.45, 2.75) is 6.42 Å². The van der Waals surface area contributed by atoms with E-state index in [1.807, 2.05) is 18.2 Å². The van der Waals surface area contributed by atoms with E-state index in [1.165, 1.54) is 0 Å². The van der Waals surface area contributed by atoms with E-state index < -0.39 is 0 Å². The molecule has 0 aromatic heterocycles. The highest BCUT2D eigenvalue weighted by molar-refractivity contribution is 5.60. The first kappa shape index (κ1) is 11.1. The highest BCUT2D eigenvalue weighted by atomic mass is 16.5. The van der Waals surface area contributed by atoms with Crippen molar-refractivity contribution in [1.29, 1.82) is 0 Å². The molecule has 4 nitrogen and oxygen atoms in total. The Balaban J connectivity index is 2.20. The van der Waals surface area contributed by atoms with E-state index in [-0.39, 0.29) is 0 Å². The van der Waals surface area contributed by atoms with Crippen LogP contribution in [0.3, 0.4) is 0 Å². The second-order valence-electron chi connectivity index (χ2n) is 3.92. The average molecular weight is 222 g/mol. The summed E-state index contributed by atoms with van der Waals surface area (Å²) in [4.78, 5) is 2.28. The number of rotatable bonds is 2. The van der Waals surface area contributed by atoms with Crippen molar-refractivity contribution >= 4 is 11.4 Å². The molecule has 1 aromatic carbocycles. The number of ether oxygens (including phenoxy) is 2. The van der Waals surface area contributed by atoms with Gasteiger partial charge in [0.1, 0.15) is 5.75 Å². The van der Waals surface area contributed by atoms with Crippen LogP contribution < -0.4 is 15.4 Å². The zero-order valence-corrected chi connectivity index (χ0v) is 9.61. The minimum absolute atomic E-state index is 0.736. The summed E-state index contributed by atoms with van der Waals surface area (Å²) in [7, 11) is 1.66. The van der Waals surface area contributed by atoms with Gasteiger partial charge in [-0.15, -0.1) is 0 Å². The standard InChI is InChI=1S/C12H18N2O2/c1-15-12-8-10(13)7-11(9-12)14-3-2-5-16-6-4-14/h7-9H,2-6,13H2,1H3. The van der Waals surface area contributed by atoms with E-state index in [9.17, 15) is 0 Å². The highest BCUT2D eigenvalue weighted by Crippen LogP contribution is 2.25. The van der Waals surface area contributed by atoms with Gasteiger partial charge in [-0.05, 0) is 12.5 Å². The smallest absolute Gasteiger partial charge is 0.122 e. The number of methoxy groups -OCH3 is 1. The van der Waals surface area contributed by atoms with Crippen molar-refractivity contribution in [2.24, 2.45) is 0 Å². The number of nitrogen functional groups attached to an aromatic ring is 1. The topological polar surface area (TPSA) is 47.7 Å². The van der Waals surface area contributed by atoms with Crippen LogP contribution in [-0.2, 0) is 4.74 Å². The molecule has 0 bridgehead atoms. The van der Waals surface area contributed by atoms with Gasteiger partial charge in [0.2, 0.25) is 0 Å². The van der Waals surface area contributed by atoms with Crippen LogP contribution in [0.1, 0.15) is 6.42 Å². The number of nitrogens with zero attached hydrogens (tertiary/aromatic N) is 1. The fourth-order valence-electron chi connectivity index (χ4n) is 1.91. The number of benzene rings is 1. The molecule has 0 saturated carbocycles. The van der Waals surface area contributed by atoms with Gasteiger partial charge in [0, 0.05) is 43.2 Å². The molecule has 0 amide bonds. The van der Waals surface area contributed by atoms with Gasteiger partial charge in [0.15, 0.2) is 0 Å². The quantitative estimate of drug-likeness (QED) is 0.770. The molecule has 0 spiro atoms. The molecule has 1 aliphatic rings. The molecule has 88 valence electrons. The zero-order chi connectivity index (χ0) is 11.4. The number of hydrogen-bond donors (Lipinski definition) is 1. The summed E-state index contributed by atoms with van der Waals surface area (Å²) in [6.45, 7) is 3.53. The van der Waals surface area contributed by atoms with Crippen molar-refractivity contribution < 1.29 is 9.47 Å². The molecule has 0 atom stereocenters. The van der Waals surface area contributed by atoms with Crippen molar-refractivity contribution in [3.05, 3.63) is 18.2 Å². The van der Waals surface area contributed by atoms with E-state index in [1.54, 1.807) is 7.11 Å². The van der Waals surface area contributed by atoms with Crippen LogP contribution in [0.4, 0.5) is 11.4 Å². The lowest BCUT2D eigenvalue weighted by Crippen LogP contribution is -2.25. The Bertz CT molecular complexity index is 347. The van der Waals surface area contributed by atoms with E-state index in [4.69, 9.17) is 15.2 Å². The van der Waals surface area contributed by atoms with Gasteiger partial charge in [-0.1, -0.05) is 0 Å². The van der Waals surface area contributed by atoms with Crippen LogP contribution in [0.25, 0.3) is 0 Å². The molecule has 0 aliphatic carbocycles. The van der Waals surface area contributed by atoms with Crippen molar-refractivity contribution in [2.75, 3.05) is 44.0 Å². The van der Waals surface area contributed by atoms with Gasteiger partial charge in [0.25, 0.3) is 0 Å². The maximum absolute atomic E-state index is 5.84. The van der Waals surface area contributed by atoms with Crippen LogP contribution in [0.15, 0.2) is 18.2 Å². The molecule has 0 unspecified atom stereocenters. The summed E-state index contributed by atoms with van der Waals surface area (Å²) in [5.41, 5.74) is 7.69. The lowest BCUT2D eigenvalue weighted by atomic mass is 10.2. The maximum atomic E-state index is 5.84. The Morgan fingerprint density at radius 2 is 2.12 bits per heavy atom. The van der Waals surface area contributed by atoms with E-state index in [0.717, 1.165) is 49.8 Å². The van der Waals surface area contributed by atoms with Gasteiger partial charge >= 0.3 is 0 Å². The first-order chi connectivity index (χ1) is 7.79. The molecule has 1 heterocycles. The predicted octanol–water partition coefficient (Wildman–Crippen LogP) is 1.50. The Labute approximate surface area is 95.9 Å². The summed E-state index contributed by atoms with van der Waals surface area (Å²) in [5, 5.41) is 0. The largest absolute Gasteiger partial charge is 0.497 e. The van der Waals surface area contributed by atoms with Gasteiger partial charge in [-0.25, -0.2) is 0 Å². The molecular weight excluding hydrogens is 204 g/mol. The maximum Gasteiger partial charge on any atom is 0.122 e. The number of nitrogens with two attached hydrogens (primary N) is 1. The number of anilines is 2. The second kappa shape index (κ2) is 5.07. The lowest BCUT2D eigenvalue weighted by Gasteiger charge is -2.22. The fraction of sp³-hybridized carbons (Fsp3) is 0.500. The van der Waals surface area contributed by atoms with Crippen LogP contribution in [0.5, 0.6) is 5.75 Å². The summed E-state index contributed by atoms with van der Waals surface area (Å²) >= 11 is 0. The zero-order valence-electron chi connectivity index (χ0n) is 9.61. The molecule has 1 aromatic rings. The van der Waals surface area contributed by atoms with Crippen molar-refractivity contribution in [3.8, 4) is 5.75 Å². The Hall–Kier alpha value is -1.42. The summed E-state index contributed by atoms with van der Waals surface area (Å²) in [6, 6.07) is 5.83. The van der Waals surface area contributed by atoms with Gasteiger partial charge in [-0.3, -0.25) is 0 Å². The minimum Gasteiger partial charge on any atom is -0.497 e. The average Bonchev–Trinajstić information content (AvgIpc) is 2.56. The van der Waals surface area contributed by atoms with Crippen LogP contribution in [-0.4, -0.2) is 33.4 Å². The summed E-state index contributed by atoms with van der Waals surface area (Å²) in [6.07, 6.45) is 1.05. The molecular formula is C12H18N2O2. The molecule has 4 heteroatoms. The van der Waals surface area contributed by atoms with Crippen LogP contribution in [0, 0.1) is 0 Å². The molecule has 0 radical (unpaired) electrons. The van der Waals surface area contributed by atoms with Gasteiger partial charge < -0.3 is 20.1 Å². The highest BCUT2D eigenvalue weighted by Gasteiger charge is 2.11. The van der Waals surface area contributed by atoms with E-state index in [0.29, 0.717) is 0 Å². The van der Waals surface area contributed by atoms with E-state index >= 15 is 0 Å². The fourth-order valence-corrected chi connectivity index (χ4v) is 1.91. The van der Waals surface area contributed by atoms with Crippen molar-refractivity contribution in [1.82, 2.24) is 0 Å². The third kappa shape index (κ3) is 2.58. The molecule has 1 saturated heterocycles. The van der Waals surface area contributed by atoms with Gasteiger partial charge in [-0.2, -0.15) is 0 Å².